The second kappa shape index (κ2) is 7.01. The highest BCUT2D eigenvalue weighted by molar-refractivity contribution is 6.01. The largest absolute Gasteiger partial charge is 0.496 e. The van der Waals surface area contributed by atoms with Crippen LogP contribution in [0.4, 0.5) is 0 Å². The smallest absolute Gasteiger partial charge is 0.170 e. The van der Waals surface area contributed by atoms with Crippen molar-refractivity contribution in [1.29, 1.82) is 0 Å². The Morgan fingerprint density at radius 3 is 2.36 bits per heavy atom. The van der Waals surface area contributed by atoms with E-state index in [4.69, 9.17) is 4.74 Å². The summed E-state index contributed by atoms with van der Waals surface area (Å²) in [7, 11) is 1.69. The Hall–Kier alpha value is -2.13. The van der Waals surface area contributed by atoms with Crippen LogP contribution < -0.4 is 4.74 Å². The van der Waals surface area contributed by atoms with Gasteiger partial charge in [-0.2, -0.15) is 0 Å². The van der Waals surface area contributed by atoms with Gasteiger partial charge >= 0.3 is 0 Å². The molecular weight excluding hydrogens is 310 g/mol. The van der Waals surface area contributed by atoms with E-state index in [1.807, 2.05) is 48.5 Å². The molecule has 0 spiro atoms. The lowest BCUT2D eigenvalue weighted by Gasteiger charge is -2.47. The van der Waals surface area contributed by atoms with Crippen molar-refractivity contribution in [3.8, 4) is 5.75 Å². The number of piperidine rings is 3. The van der Waals surface area contributed by atoms with E-state index < -0.39 is 0 Å². The van der Waals surface area contributed by atoms with Gasteiger partial charge in [0.05, 0.1) is 13.0 Å². The number of ketones is 1. The first-order valence-electron chi connectivity index (χ1n) is 9.22. The Morgan fingerprint density at radius 2 is 1.72 bits per heavy atom. The van der Waals surface area contributed by atoms with E-state index in [0.717, 1.165) is 23.4 Å². The molecule has 130 valence electrons. The summed E-state index contributed by atoms with van der Waals surface area (Å²) in [6, 6.07) is 17.8. The lowest BCUT2D eigenvalue weighted by atomic mass is 9.68. The number of hydrogen-bond acceptors (Lipinski definition) is 3. The summed E-state index contributed by atoms with van der Waals surface area (Å²) in [6.45, 7) is 3.38. The van der Waals surface area contributed by atoms with E-state index in [1.54, 1.807) is 7.11 Å². The van der Waals surface area contributed by atoms with E-state index >= 15 is 0 Å². The molecule has 0 amide bonds. The minimum atomic E-state index is -0.133. The Morgan fingerprint density at radius 1 is 1.04 bits per heavy atom. The minimum Gasteiger partial charge on any atom is -0.496 e. The molecule has 2 aromatic carbocycles. The molecule has 0 N–H and O–H groups in total. The lowest BCUT2D eigenvalue weighted by molar-refractivity contribution is 0.0343. The summed E-state index contributed by atoms with van der Waals surface area (Å²) >= 11 is 0. The van der Waals surface area contributed by atoms with E-state index in [0.29, 0.717) is 11.8 Å². The fraction of sp³-hybridized carbons (Fsp3) is 0.409. The first-order valence-corrected chi connectivity index (χ1v) is 9.22. The fourth-order valence-corrected chi connectivity index (χ4v) is 4.66. The first kappa shape index (κ1) is 16.3. The predicted molar refractivity (Wildman–Crippen MR) is 99.2 cm³/mol. The van der Waals surface area contributed by atoms with Crippen LogP contribution in [0.3, 0.4) is 0 Å². The van der Waals surface area contributed by atoms with Crippen LogP contribution >= 0.6 is 0 Å². The van der Waals surface area contributed by atoms with E-state index in [1.165, 1.54) is 25.9 Å². The number of hydrogen-bond donors (Lipinski definition) is 0. The summed E-state index contributed by atoms with van der Waals surface area (Å²) in [6.07, 6.45) is 2.41. The highest BCUT2D eigenvalue weighted by Gasteiger charge is 2.42. The molecule has 0 unspecified atom stereocenters. The third kappa shape index (κ3) is 3.09. The monoisotopic (exact) mass is 335 g/mol. The van der Waals surface area contributed by atoms with Gasteiger partial charge in [-0.15, -0.1) is 0 Å². The second-order valence-corrected chi connectivity index (χ2v) is 7.25. The number of carbonyl (C=O) groups is 1. The van der Waals surface area contributed by atoms with Gasteiger partial charge in [0, 0.05) is 17.7 Å². The maximum Gasteiger partial charge on any atom is 0.170 e. The molecule has 3 heterocycles. The molecule has 0 aromatic heterocycles. The fourth-order valence-electron chi connectivity index (χ4n) is 4.66. The topological polar surface area (TPSA) is 29.5 Å². The van der Waals surface area contributed by atoms with Crippen molar-refractivity contribution in [3.63, 3.8) is 0 Å². The molecule has 25 heavy (non-hydrogen) atoms. The SMILES string of the molecule is COc1ccccc1[C@H](C(=O)c1ccccc1)[C@@H]1CN2CCC1CC2. The Labute approximate surface area is 149 Å². The van der Waals surface area contributed by atoms with E-state index in [9.17, 15) is 4.79 Å². The van der Waals surface area contributed by atoms with Gasteiger partial charge in [0.25, 0.3) is 0 Å². The Balaban J connectivity index is 1.77. The summed E-state index contributed by atoms with van der Waals surface area (Å²) in [5, 5.41) is 0. The van der Waals surface area contributed by atoms with Crippen LogP contribution in [0.1, 0.15) is 34.7 Å². The quantitative estimate of drug-likeness (QED) is 0.774. The molecule has 2 aromatic rings. The van der Waals surface area contributed by atoms with Gasteiger partial charge in [0.1, 0.15) is 5.75 Å². The lowest BCUT2D eigenvalue weighted by Crippen LogP contribution is -2.50. The van der Waals surface area contributed by atoms with Crippen molar-refractivity contribution in [3.05, 3.63) is 65.7 Å². The minimum absolute atomic E-state index is 0.133. The van der Waals surface area contributed by atoms with Crippen LogP contribution in [0.15, 0.2) is 54.6 Å². The maximum atomic E-state index is 13.5. The number of ether oxygens (including phenoxy) is 1. The molecule has 0 saturated carbocycles. The van der Waals surface area contributed by atoms with Crippen molar-refractivity contribution >= 4 is 5.78 Å². The van der Waals surface area contributed by atoms with Gasteiger partial charge in [-0.05, 0) is 43.8 Å². The molecule has 3 aliphatic heterocycles. The summed E-state index contributed by atoms with van der Waals surface area (Å²) < 4.78 is 5.62. The molecule has 3 saturated heterocycles. The number of para-hydroxylation sites is 1. The first-order chi connectivity index (χ1) is 12.3. The van der Waals surface area contributed by atoms with E-state index in [-0.39, 0.29) is 11.7 Å². The number of Topliss-reactive ketones (excluding diaryl/α,β-unsaturated/α-hetero) is 1. The zero-order valence-corrected chi connectivity index (χ0v) is 14.7. The number of rotatable bonds is 5. The molecule has 0 aliphatic carbocycles. The van der Waals surface area contributed by atoms with Crippen LogP contribution in [0, 0.1) is 11.8 Å². The van der Waals surface area contributed by atoms with Crippen molar-refractivity contribution in [1.82, 2.24) is 4.90 Å². The average molecular weight is 335 g/mol. The summed E-state index contributed by atoms with van der Waals surface area (Å²) in [5.74, 6) is 1.92. The maximum absolute atomic E-state index is 13.5. The molecule has 3 aliphatic rings. The molecule has 5 rings (SSSR count). The normalized spacial score (nSPS) is 26.2. The standard InChI is InChI=1S/C22H25NO2/c1-25-20-10-6-5-9-18(20)21(22(24)17-7-3-2-4-8-17)19-15-23-13-11-16(19)12-14-23/h2-10,16,19,21H,11-15H2,1H3/t19-,21+/m1/s1. The zero-order valence-electron chi connectivity index (χ0n) is 14.7. The third-order valence-corrected chi connectivity index (χ3v) is 5.95. The Bertz CT molecular complexity index is 735. The summed E-state index contributed by atoms with van der Waals surface area (Å²) in [5.41, 5.74) is 1.84. The highest BCUT2D eigenvalue weighted by atomic mass is 16.5. The third-order valence-electron chi connectivity index (χ3n) is 5.95. The number of methoxy groups -OCH3 is 1. The van der Waals surface area contributed by atoms with Gasteiger partial charge in [-0.3, -0.25) is 4.79 Å². The number of carbonyl (C=O) groups excluding carboxylic acids is 1. The molecule has 0 radical (unpaired) electrons. The molecule has 2 bridgehead atoms. The van der Waals surface area contributed by atoms with E-state index in [2.05, 4.69) is 11.0 Å². The molecule has 3 fully saturated rings. The van der Waals surface area contributed by atoms with Gasteiger partial charge in [-0.1, -0.05) is 48.5 Å². The van der Waals surface area contributed by atoms with Gasteiger partial charge < -0.3 is 9.64 Å². The van der Waals surface area contributed by atoms with Crippen LogP contribution in [0.2, 0.25) is 0 Å². The van der Waals surface area contributed by atoms with Crippen LogP contribution in [0.25, 0.3) is 0 Å². The average Bonchev–Trinajstić information content (AvgIpc) is 2.70. The molecule has 2 atom stereocenters. The van der Waals surface area contributed by atoms with Gasteiger partial charge in [-0.25, -0.2) is 0 Å². The van der Waals surface area contributed by atoms with Crippen LogP contribution in [-0.4, -0.2) is 37.4 Å². The molecular formula is C22H25NO2. The van der Waals surface area contributed by atoms with Crippen LogP contribution in [0.5, 0.6) is 5.75 Å². The number of fused-ring (bicyclic) bond motifs is 3. The predicted octanol–water partition coefficient (Wildman–Crippen LogP) is 4.00. The number of nitrogens with zero attached hydrogens (tertiary/aromatic N) is 1. The molecule has 3 heteroatoms. The van der Waals surface area contributed by atoms with Crippen molar-refractivity contribution < 1.29 is 9.53 Å². The highest BCUT2D eigenvalue weighted by Crippen LogP contribution is 2.44. The second-order valence-electron chi connectivity index (χ2n) is 7.25. The van der Waals surface area contributed by atoms with Crippen molar-refractivity contribution in [2.75, 3.05) is 26.7 Å². The number of benzene rings is 2. The Kier molecular flexibility index (Phi) is 4.58. The molecule has 3 nitrogen and oxygen atoms in total. The zero-order chi connectivity index (χ0) is 17.2. The van der Waals surface area contributed by atoms with Crippen LogP contribution in [-0.2, 0) is 0 Å². The van der Waals surface area contributed by atoms with Gasteiger partial charge in [0.2, 0.25) is 0 Å². The van der Waals surface area contributed by atoms with Crippen molar-refractivity contribution in [2.24, 2.45) is 11.8 Å². The summed E-state index contributed by atoms with van der Waals surface area (Å²) in [4.78, 5) is 16.0. The van der Waals surface area contributed by atoms with Gasteiger partial charge in [0.15, 0.2) is 5.78 Å². The van der Waals surface area contributed by atoms with Crippen molar-refractivity contribution in [2.45, 2.75) is 18.8 Å².